The molecule has 9 nitrogen and oxygen atoms in total. The van der Waals surface area contributed by atoms with E-state index in [-0.39, 0.29) is 18.7 Å². The molecule has 3 unspecified atom stereocenters. The van der Waals surface area contributed by atoms with Gasteiger partial charge in [0.25, 0.3) is 22.5 Å². The molecule has 0 bridgehead atoms. The highest BCUT2D eigenvalue weighted by molar-refractivity contribution is 7.81. The van der Waals surface area contributed by atoms with Gasteiger partial charge < -0.3 is 9.52 Å². The van der Waals surface area contributed by atoms with Crippen LogP contribution in [-0.4, -0.2) is 41.2 Å². The lowest BCUT2D eigenvalue weighted by Crippen LogP contribution is -2.42. The van der Waals surface area contributed by atoms with Crippen LogP contribution in [0.1, 0.15) is 19.3 Å². The molecule has 11 heteroatoms. The smallest absolute Gasteiger partial charge is 0.327 e. The lowest BCUT2D eigenvalue weighted by Gasteiger charge is -2.27. The molecule has 39 heavy (non-hydrogen) atoms. The molecular formula is C28H26N2O7S2. The molecule has 0 aliphatic carbocycles. The van der Waals surface area contributed by atoms with E-state index in [1.807, 2.05) is 60.7 Å². The average Bonchev–Trinajstić information content (AvgIpc) is 3.29. The fraction of sp³-hybridized carbons (Fsp3) is 0.179. The SMILES string of the molecule is O=C(O)C(CCCCN(c1ccc2ccccc2c1)S(=O)O)N(c1ccc2oc3ccccc3c2c1)S(=O)O. The second-order valence-corrected chi connectivity index (χ2v) is 10.8. The number of fused-ring (bicyclic) bond motifs is 4. The lowest BCUT2D eigenvalue weighted by atomic mass is 10.1. The summed E-state index contributed by atoms with van der Waals surface area (Å²) < 4.78 is 52.6. The number of hydrogen-bond donors (Lipinski definition) is 3. The van der Waals surface area contributed by atoms with Crippen LogP contribution in [0.25, 0.3) is 32.7 Å². The number of nitrogens with zero attached hydrogens (tertiary/aromatic N) is 2. The molecule has 0 aliphatic rings. The zero-order chi connectivity index (χ0) is 27.5. The molecule has 0 fully saturated rings. The Morgan fingerprint density at radius 1 is 0.769 bits per heavy atom. The summed E-state index contributed by atoms with van der Waals surface area (Å²) in [6.45, 7) is 0.197. The number of hydrogen-bond acceptors (Lipinski definition) is 4. The maximum Gasteiger partial charge on any atom is 0.327 e. The van der Waals surface area contributed by atoms with Crippen LogP contribution in [0, 0.1) is 0 Å². The van der Waals surface area contributed by atoms with E-state index in [4.69, 9.17) is 4.42 Å². The van der Waals surface area contributed by atoms with E-state index in [0.29, 0.717) is 35.1 Å². The molecule has 0 saturated heterocycles. The van der Waals surface area contributed by atoms with Crippen LogP contribution < -0.4 is 8.61 Å². The van der Waals surface area contributed by atoms with Gasteiger partial charge in [-0.25, -0.2) is 13.2 Å². The van der Waals surface area contributed by atoms with Crippen LogP contribution >= 0.6 is 0 Å². The highest BCUT2D eigenvalue weighted by atomic mass is 32.2. The molecule has 1 aromatic heterocycles. The summed E-state index contributed by atoms with van der Waals surface area (Å²) >= 11 is -4.89. The number of rotatable bonds is 11. The van der Waals surface area contributed by atoms with Gasteiger partial charge >= 0.3 is 5.97 Å². The molecule has 0 radical (unpaired) electrons. The predicted octanol–water partition coefficient (Wildman–Crippen LogP) is 5.95. The summed E-state index contributed by atoms with van der Waals surface area (Å²) in [6.07, 6.45) is 0.776. The Morgan fingerprint density at radius 2 is 1.46 bits per heavy atom. The first-order valence-corrected chi connectivity index (χ1v) is 14.4. The van der Waals surface area contributed by atoms with Crippen molar-refractivity contribution >= 4 is 72.6 Å². The average molecular weight is 567 g/mol. The maximum absolute atomic E-state index is 12.4. The van der Waals surface area contributed by atoms with Crippen molar-refractivity contribution in [1.82, 2.24) is 0 Å². The molecule has 3 N–H and O–H groups in total. The molecule has 4 aromatic carbocycles. The van der Waals surface area contributed by atoms with E-state index in [1.165, 1.54) is 4.31 Å². The third-order valence-corrected chi connectivity index (χ3v) is 8.22. The van der Waals surface area contributed by atoms with Crippen LogP contribution in [0.3, 0.4) is 0 Å². The summed E-state index contributed by atoms with van der Waals surface area (Å²) in [5.74, 6) is -1.24. The molecule has 0 saturated carbocycles. The van der Waals surface area contributed by atoms with E-state index in [1.54, 1.807) is 24.3 Å². The van der Waals surface area contributed by atoms with Gasteiger partial charge in [-0.15, -0.1) is 0 Å². The second kappa shape index (κ2) is 11.5. The van der Waals surface area contributed by atoms with Gasteiger partial charge in [0.2, 0.25) is 0 Å². The minimum Gasteiger partial charge on any atom is -0.480 e. The van der Waals surface area contributed by atoms with E-state index in [2.05, 4.69) is 0 Å². The second-order valence-electron chi connectivity index (χ2n) is 9.05. The number of carboxylic acids is 1. The number of furan rings is 1. The number of para-hydroxylation sites is 1. The van der Waals surface area contributed by atoms with E-state index >= 15 is 0 Å². The number of anilines is 2. The van der Waals surface area contributed by atoms with E-state index in [0.717, 1.165) is 20.5 Å². The van der Waals surface area contributed by atoms with Crippen molar-refractivity contribution in [3.05, 3.63) is 84.9 Å². The van der Waals surface area contributed by atoms with Crippen LogP contribution in [0.15, 0.2) is 89.3 Å². The summed E-state index contributed by atoms with van der Waals surface area (Å²) in [5.41, 5.74) is 2.09. The molecule has 5 aromatic rings. The van der Waals surface area contributed by atoms with Gasteiger partial charge in [-0.2, -0.15) is 0 Å². The van der Waals surface area contributed by atoms with Gasteiger partial charge in [0.15, 0.2) is 0 Å². The highest BCUT2D eigenvalue weighted by Gasteiger charge is 2.30. The van der Waals surface area contributed by atoms with E-state index in [9.17, 15) is 27.4 Å². The molecule has 1 heterocycles. The minimum absolute atomic E-state index is 0.0510. The highest BCUT2D eigenvalue weighted by Crippen LogP contribution is 2.33. The maximum atomic E-state index is 12.4. The van der Waals surface area contributed by atoms with Crippen molar-refractivity contribution < 1.29 is 31.8 Å². The van der Waals surface area contributed by atoms with Crippen molar-refractivity contribution in [2.45, 2.75) is 25.3 Å². The third-order valence-electron chi connectivity index (χ3n) is 6.65. The van der Waals surface area contributed by atoms with Gasteiger partial charge in [-0.05, 0) is 66.4 Å². The Kier molecular flexibility index (Phi) is 7.94. The van der Waals surface area contributed by atoms with Gasteiger partial charge in [0.05, 0.1) is 11.4 Å². The van der Waals surface area contributed by atoms with Gasteiger partial charge in [-0.1, -0.05) is 48.5 Å². The summed E-state index contributed by atoms with van der Waals surface area (Å²) in [7, 11) is 0. The molecule has 0 spiro atoms. The first-order chi connectivity index (χ1) is 18.8. The third kappa shape index (κ3) is 5.66. The van der Waals surface area contributed by atoms with Crippen molar-refractivity contribution in [2.75, 3.05) is 15.2 Å². The predicted molar refractivity (Wildman–Crippen MR) is 154 cm³/mol. The quantitative estimate of drug-likeness (QED) is 0.133. The fourth-order valence-electron chi connectivity index (χ4n) is 4.79. The topological polar surface area (TPSA) is 132 Å². The first-order valence-electron chi connectivity index (χ1n) is 12.2. The van der Waals surface area contributed by atoms with Crippen molar-refractivity contribution in [3.8, 4) is 0 Å². The summed E-state index contributed by atoms with van der Waals surface area (Å²) in [5, 5.41) is 13.4. The van der Waals surface area contributed by atoms with Crippen molar-refractivity contribution in [3.63, 3.8) is 0 Å². The van der Waals surface area contributed by atoms with Crippen molar-refractivity contribution in [1.29, 1.82) is 0 Å². The van der Waals surface area contributed by atoms with Crippen LogP contribution in [0.2, 0.25) is 0 Å². The van der Waals surface area contributed by atoms with E-state index < -0.39 is 34.5 Å². The first kappa shape index (κ1) is 26.8. The van der Waals surface area contributed by atoms with Crippen LogP contribution in [0.5, 0.6) is 0 Å². The number of benzene rings is 4. The number of carboxylic acid groups (broad SMARTS) is 1. The standard InChI is InChI=1S/C28H26N2O7S2/c31-28(32)25(10-5-6-16-29(38(33)34)21-13-12-19-7-1-2-8-20(19)17-21)30(39(35)36)22-14-15-27-24(18-22)23-9-3-4-11-26(23)37-27/h1-4,7-9,11-15,17-18,25H,5-6,10,16H2,(H,31,32)(H,33,34)(H,35,36). The Hall–Kier alpha value is -3.77. The monoisotopic (exact) mass is 566 g/mol. The zero-order valence-corrected chi connectivity index (χ0v) is 22.3. The number of carbonyl (C=O) groups is 1. The fourth-order valence-corrected chi connectivity index (χ4v) is 6.08. The molecule has 5 rings (SSSR count). The van der Waals surface area contributed by atoms with Crippen LogP contribution in [-0.2, 0) is 27.3 Å². The lowest BCUT2D eigenvalue weighted by molar-refractivity contribution is -0.138. The van der Waals surface area contributed by atoms with Crippen molar-refractivity contribution in [2.24, 2.45) is 0 Å². The molecule has 3 atom stereocenters. The Labute approximate surface area is 229 Å². The molecule has 202 valence electrons. The Morgan fingerprint density at radius 3 is 2.21 bits per heavy atom. The number of aliphatic carboxylic acids is 1. The molecule has 0 aliphatic heterocycles. The Balaban J connectivity index is 1.32. The minimum atomic E-state index is -2.61. The van der Waals surface area contributed by atoms with Crippen LogP contribution in [0.4, 0.5) is 11.4 Å². The van der Waals surface area contributed by atoms with Gasteiger partial charge in [-0.3, -0.25) is 17.7 Å². The summed E-state index contributed by atoms with van der Waals surface area (Å²) in [6, 6.07) is 24.1. The summed E-state index contributed by atoms with van der Waals surface area (Å²) in [4.78, 5) is 12.2. The number of unbranched alkanes of at least 4 members (excludes halogenated alkanes) is 1. The largest absolute Gasteiger partial charge is 0.480 e. The van der Waals surface area contributed by atoms with Gasteiger partial charge in [0, 0.05) is 17.3 Å². The normalized spacial score (nSPS) is 13.9. The zero-order valence-electron chi connectivity index (χ0n) is 20.7. The molecule has 0 amide bonds. The Bertz CT molecular complexity index is 1700. The molecular weight excluding hydrogens is 540 g/mol. The van der Waals surface area contributed by atoms with Gasteiger partial charge in [0.1, 0.15) is 17.2 Å².